The lowest BCUT2D eigenvalue weighted by molar-refractivity contribution is 0.291. The van der Waals surface area contributed by atoms with Gasteiger partial charge in [-0.1, -0.05) is 53.6 Å². The topological polar surface area (TPSA) is 98.0 Å². The summed E-state index contributed by atoms with van der Waals surface area (Å²) in [7, 11) is -3.96. The quantitative estimate of drug-likeness (QED) is 0.754. The summed E-state index contributed by atoms with van der Waals surface area (Å²) in [6.07, 6.45) is 0. The van der Waals surface area contributed by atoms with Crippen molar-refractivity contribution < 1.29 is 13.5 Å². The van der Waals surface area contributed by atoms with Crippen LogP contribution in [0.15, 0.2) is 65.8 Å². The third kappa shape index (κ3) is 2.86. The van der Waals surface area contributed by atoms with Crippen molar-refractivity contribution in [2.45, 2.75) is 10.4 Å². The molecule has 0 bridgehead atoms. The van der Waals surface area contributed by atoms with Crippen molar-refractivity contribution in [3.05, 3.63) is 66.2 Å². The first kappa shape index (κ1) is 15.3. The molecule has 2 aromatic carbocycles. The zero-order valence-electron chi connectivity index (χ0n) is 12.0. The van der Waals surface area contributed by atoms with Gasteiger partial charge in [0, 0.05) is 0 Å². The zero-order valence-corrected chi connectivity index (χ0v) is 12.8. The van der Waals surface area contributed by atoms with Gasteiger partial charge in [-0.2, -0.15) is 4.68 Å². The highest BCUT2D eigenvalue weighted by molar-refractivity contribution is 7.91. The lowest BCUT2D eigenvalue weighted by atomic mass is 10.2. The summed E-state index contributed by atoms with van der Waals surface area (Å²) < 4.78 is 26.9. The molecule has 23 heavy (non-hydrogen) atoms. The van der Waals surface area contributed by atoms with Crippen LogP contribution in [0.4, 0.5) is 0 Å². The average Bonchev–Trinajstić information content (AvgIpc) is 3.08. The molecule has 1 heterocycles. The molecular formula is C15H14N4O3S. The van der Waals surface area contributed by atoms with Gasteiger partial charge in [-0.25, -0.2) is 8.42 Å². The summed E-state index contributed by atoms with van der Waals surface area (Å²) in [5.41, 5.74) is 1.01. The molecule has 0 aliphatic carbocycles. The minimum atomic E-state index is -3.96. The van der Waals surface area contributed by atoms with E-state index < -0.39 is 21.7 Å². The van der Waals surface area contributed by atoms with E-state index >= 15 is 0 Å². The van der Waals surface area contributed by atoms with Crippen LogP contribution in [0.2, 0.25) is 0 Å². The number of hydrogen-bond acceptors (Lipinski definition) is 6. The van der Waals surface area contributed by atoms with Crippen LogP contribution in [0.5, 0.6) is 0 Å². The third-order valence-electron chi connectivity index (χ3n) is 3.41. The van der Waals surface area contributed by atoms with Gasteiger partial charge in [0.2, 0.25) is 9.84 Å². The molecule has 0 aliphatic rings. The second-order valence-electron chi connectivity index (χ2n) is 4.84. The Bertz CT molecular complexity index is 879. The van der Waals surface area contributed by atoms with E-state index in [0.717, 1.165) is 4.68 Å². The van der Waals surface area contributed by atoms with Crippen LogP contribution in [-0.2, 0) is 9.84 Å². The van der Waals surface area contributed by atoms with Crippen molar-refractivity contribution >= 4 is 9.84 Å². The van der Waals surface area contributed by atoms with E-state index in [9.17, 15) is 13.5 Å². The van der Waals surface area contributed by atoms with Gasteiger partial charge in [-0.15, -0.1) is 0 Å². The first-order valence-corrected chi connectivity index (χ1v) is 8.42. The van der Waals surface area contributed by atoms with Crippen molar-refractivity contribution in [2.24, 2.45) is 0 Å². The summed E-state index contributed by atoms with van der Waals surface area (Å²) in [5.74, 6) is 0. The normalized spacial score (nSPS) is 12.9. The Kier molecular flexibility index (Phi) is 4.18. The number of aliphatic hydroxyl groups is 1. The molecule has 3 rings (SSSR count). The first-order chi connectivity index (χ1) is 11.1. The summed E-state index contributed by atoms with van der Waals surface area (Å²) in [6.45, 7) is -0.562. The van der Waals surface area contributed by atoms with Crippen molar-refractivity contribution in [1.82, 2.24) is 20.2 Å². The highest BCUT2D eigenvalue weighted by Gasteiger charge is 2.34. The highest BCUT2D eigenvalue weighted by Crippen LogP contribution is 2.27. The Morgan fingerprint density at radius 1 is 1.00 bits per heavy atom. The predicted octanol–water partition coefficient (Wildman–Crippen LogP) is 1.17. The molecular weight excluding hydrogens is 316 g/mol. The summed E-state index contributed by atoms with van der Waals surface area (Å²) >= 11 is 0. The molecule has 0 amide bonds. The number of tetrazole rings is 1. The predicted molar refractivity (Wildman–Crippen MR) is 82.6 cm³/mol. The Morgan fingerprint density at radius 3 is 2.22 bits per heavy atom. The Balaban J connectivity index is 2.09. The smallest absolute Gasteiger partial charge is 0.273 e. The van der Waals surface area contributed by atoms with E-state index in [2.05, 4.69) is 15.5 Å². The van der Waals surface area contributed by atoms with Crippen molar-refractivity contribution in [3.8, 4) is 5.69 Å². The van der Waals surface area contributed by atoms with Gasteiger partial charge in [0.15, 0.2) is 0 Å². The Hall–Kier alpha value is -2.58. The van der Waals surface area contributed by atoms with Gasteiger partial charge in [0.1, 0.15) is 5.25 Å². The van der Waals surface area contributed by atoms with Gasteiger partial charge < -0.3 is 5.11 Å². The molecule has 0 radical (unpaired) electrons. The molecule has 1 atom stereocenters. The van der Waals surface area contributed by atoms with Gasteiger partial charge >= 0.3 is 0 Å². The SMILES string of the molecule is O=S(=O)(c1nnnn1-c1ccccc1)C(CO)c1ccccc1. The number of nitrogens with zero attached hydrogens (tertiary/aromatic N) is 4. The van der Waals surface area contributed by atoms with Crippen LogP contribution in [0.1, 0.15) is 10.8 Å². The summed E-state index contributed by atoms with van der Waals surface area (Å²) in [4.78, 5) is 0. The van der Waals surface area contributed by atoms with E-state index in [1.165, 1.54) is 0 Å². The third-order valence-corrected chi connectivity index (χ3v) is 5.34. The number of para-hydroxylation sites is 1. The monoisotopic (exact) mass is 330 g/mol. The fourth-order valence-electron chi connectivity index (χ4n) is 2.27. The number of rotatable bonds is 5. The van der Waals surface area contributed by atoms with Crippen molar-refractivity contribution in [3.63, 3.8) is 0 Å². The fourth-order valence-corrected chi connectivity index (χ4v) is 3.76. The molecule has 1 unspecified atom stereocenters. The molecule has 0 aliphatic heterocycles. The average molecular weight is 330 g/mol. The molecule has 0 saturated carbocycles. The maximum Gasteiger partial charge on any atom is 0.273 e. The Labute approximate surface area is 133 Å². The van der Waals surface area contributed by atoms with Crippen LogP contribution in [-0.4, -0.2) is 40.3 Å². The van der Waals surface area contributed by atoms with Crippen LogP contribution in [0, 0.1) is 0 Å². The van der Waals surface area contributed by atoms with E-state index in [4.69, 9.17) is 0 Å². The number of aliphatic hydroxyl groups excluding tert-OH is 1. The number of hydrogen-bond donors (Lipinski definition) is 1. The second-order valence-corrected chi connectivity index (χ2v) is 6.86. The van der Waals surface area contributed by atoms with E-state index in [0.29, 0.717) is 11.3 Å². The molecule has 1 N–H and O–H groups in total. The maximum atomic E-state index is 12.9. The van der Waals surface area contributed by atoms with Gasteiger partial charge in [-0.3, -0.25) is 0 Å². The molecule has 0 fully saturated rings. The van der Waals surface area contributed by atoms with Crippen LogP contribution in [0.3, 0.4) is 0 Å². The molecule has 7 nitrogen and oxygen atoms in total. The van der Waals surface area contributed by atoms with Gasteiger partial charge in [0.05, 0.1) is 12.3 Å². The molecule has 0 spiro atoms. The van der Waals surface area contributed by atoms with Crippen molar-refractivity contribution in [1.29, 1.82) is 0 Å². The maximum absolute atomic E-state index is 12.9. The zero-order chi connectivity index (χ0) is 16.3. The number of sulfone groups is 1. The van der Waals surface area contributed by atoms with Gasteiger partial charge in [-0.05, 0) is 28.1 Å². The standard InChI is InChI=1S/C15H14N4O3S/c20-11-14(12-7-3-1-4-8-12)23(21,22)15-16-17-18-19(15)13-9-5-2-6-10-13/h1-10,14,20H,11H2. The molecule has 8 heteroatoms. The lowest BCUT2D eigenvalue weighted by Gasteiger charge is -2.15. The van der Waals surface area contributed by atoms with E-state index in [1.54, 1.807) is 54.6 Å². The minimum absolute atomic E-state index is 0.299. The molecule has 118 valence electrons. The van der Waals surface area contributed by atoms with Crippen LogP contribution in [0.25, 0.3) is 5.69 Å². The lowest BCUT2D eigenvalue weighted by Crippen LogP contribution is -2.21. The van der Waals surface area contributed by atoms with Crippen molar-refractivity contribution in [2.75, 3.05) is 6.61 Å². The Morgan fingerprint density at radius 2 is 1.61 bits per heavy atom. The highest BCUT2D eigenvalue weighted by atomic mass is 32.2. The largest absolute Gasteiger partial charge is 0.395 e. The van der Waals surface area contributed by atoms with E-state index in [1.807, 2.05) is 6.07 Å². The fraction of sp³-hybridized carbons (Fsp3) is 0.133. The first-order valence-electron chi connectivity index (χ1n) is 6.88. The number of benzene rings is 2. The number of aromatic nitrogens is 4. The molecule has 0 saturated heterocycles. The summed E-state index contributed by atoms with van der Waals surface area (Å²) in [6, 6.07) is 17.2. The van der Waals surface area contributed by atoms with E-state index in [-0.39, 0.29) is 5.16 Å². The van der Waals surface area contributed by atoms with Crippen LogP contribution < -0.4 is 0 Å². The van der Waals surface area contributed by atoms with Crippen LogP contribution >= 0.6 is 0 Å². The van der Waals surface area contributed by atoms with Gasteiger partial charge in [0.25, 0.3) is 5.16 Å². The summed E-state index contributed by atoms with van der Waals surface area (Å²) in [5, 5.41) is 19.1. The second kappa shape index (κ2) is 6.27. The minimum Gasteiger partial charge on any atom is -0.395 e. The molecule has 3 aromatic rings. The molecule has 1 aromatic heterocycles.